The fraction of sp³-hybridized carbons (Fsp3) is 0.278. The van der Waals surface area contributed by atoms with E-state index in [9.17, 15) is 13.6 Å². The zero-order chi connectivity index (χ0) is 18.2. The van der Waals surface area contributed by atoms with Crippen LogP contribution in [0.2, 0.25) is 0 Å². The van der Waals surface area contributed by atoms with Gasteiger partial charge in [0.25, 0.3) is 0 Å². The van der Waals surface area contributed by atoms with E-state index in [2.05, 4.69) is 10.6 Å². The number of amides is 2. The van der Waals surface area contributed by atoms with Crippen molar-refractivity contribution in [3.8, 4) is 11.5 Å². The molecular formula is C18H20F2N2O3. The molecule has 5 nitrogen and oxygen atoms in total. The Balaban J connectivity index is 1.79. The van der Waals surface area contributed by atoms with Gasteiger partial charge >= 0.3 is 6.03 Å². The Morgan fingerprint density at radius 1 is 1.00 bits per heavy atom. The number of hydrogen-bond acceptors (Lipinski definition) is 3. The molecule has 2 amide bonds. The van der Waals surface area contributed by atoms with Crippen LogP contribution in [-0.4, -0.2) is 26.8 Å². The van der Waals surface area contributed by atoms with E-state index in [-0.39, 0.29) is 19.0 Å². The Labute approximate surface area is 144 Å². The van der Waals surface area contributed by atoms with Crippen molar-refractivity contribution in [1.29, 1.82) is 0 Å². The molecule has 7 heteroatoms. The molecule has 0 fully saturated rings. The monoisotopic (exact) mass is 350 g/mol. The first-order chi connectivity index (χ1) is 12.0. The maximum absolute atomic E-state index is 13.5. The summed E-state index contributed by atoms with van der Waals surface area (Å²) in [5.41, 5.74) is 1.19. The van der Waals surface area contributed by atoms with Crippen molar-refractivity contribution in [3.05, 3.63) is 59.2 Å². The third-order valence-corrected chi connectivity index (χ3v) is 3.60. The molecule has 2 aromatic rings. The van der Waals surface area contributed by atoms with Crippen LogP contribution >= 0.6 is 0 Å². The quantitative estimate of drug-likeness (QED) is 0.807. The van der Waals surface area contributed by atoms with Gasteiger partial charge in [-0.15, -0.1) is 0 Å². The standard InChI is InChI=1S/C18H20F2N2O3/c1-24-16-6-3-12(9-17(16)25-2)11-22-18(23)21-8-7-13-4-5-14(19)10-15(13)20/h3-6,9-10H,7-8,11H2,1-2H3,(H2,21,22,23). The lowest BCUT2D eigenvalue weighted by atomic mass is 10.1. The molecule has 0 aromatic heterocycles. The van der Waals surface area contributed by atoms with E-state index in [1.807, 2.05) is 6.07 Å². The molecule has 0 unspecified atom stereocenters. The van der Waals surface area contributed by atoms with Crippen LogP contribution < -0.4 is 20.1 Å². The summed E-state index contributed by atoms with van der Waals surface area (Å²) < 4.78 is 36.7. The number of methoxy groups -OCH3 is 2. The first-order valence-electron chi connectivity index (χ1n) is 7.70. The molecule has 2 aromatic carbocycles. The molecule has 0 saturated heterocycles. The molecule has 0 spiro atoms. The molecule has 0 radical (unpaired) electrons. The Kier molecular flexibility index (Phi) is 6.56. The zero-order valence-corrected chi connectivity index (χ0v) is 14.1. The molecule has 25 heavy (non-hydrogen) atoms. The van der Waals surface area contributed by atoms with Gasteiger partial charge in [-0.05, 0) is 35.7 Å². The minimum Gasteiger partial charge on any atom is -0.493 e. The molecular weight excluding hydrogens is 330 g/mol. The van der Waals surface area contributed by atoms with Gasteiger partial charge in [-0.2, -0.15) is 0 Å². The minimum absolute atomic E-state index is 0.236. The maximum atomic E-state index is 13.5. The summed E-state index contributed by atoms with van der Waals surface area (Å²) in [4.78, 5) is 11.8. The van der Waals surface area contributed by atoms with Crippen molar-refractivity contribution in [3.63, 3.8) is 0 Å². The van der Waals surface area contributed by atoms with E-state index in [1.165, 1.54) is 19.2 Å². The SMILES string of the molecule is COc1ccc(CNC(=O)NCCc2ccc(F)cc2F)cc1OC. The third kappa shape index (κ3) is 5.34. The lowest BCUT2D eigenvalue weighted by molar-refractivity contribution is 0.240. The smallest absolute Gasteiger partial charge is 0.315 e. The van der Waals surface area contributed by atoms with Gasteiger partial charge in [-0.25, -0.2) is 13.6 Å². The van der Waals surface area contributed by atoms with Gasteiger partial charge in [0.05, 0.1) is 14.2 Å². The minimum atomic E-state index is -0.623. The Morgan fingerprint density at radius 3 is 2.44 bits per heavy atom. The van der Waals surface area contributed by atoms with Gasteiger partial charge in [0.15, 0.2) is 11.5 Å². The van der Waals surface area contributed by atoms with Crippen molar-refractivity contribution in [2.24, 2.45) is 0 Å². The number of nitrogens with one attached hydrogen (secondary N) is 2. The molecule has 0 atom stereocenters. The second kappa shape index (κ2) is 8.86. The van der Waals surface area contributed by atoms with E-state index in [0.29, 0.717) is 23.6 Å². The number of hydrogen-bond donors (Lipinski definition) is 2. The first kappa shape index (κ1) is 18.5. The van der Waals surface area contributed by atoms with Crippen LogP contribution in [0.5, 0.6) is 11.5 Å². The number of urea groups is 1. The molecule has 0 aliphatic rings. The molecule has 2 N–H and O–H groups in total. The first-order valence-corrected chi connectivity index (χ1v) is 7.70. The molecule has 0 aliphatic carbocycles. The average molecular weight is 350 g/mol. The van der Waals surface area contributed by atoms with Gasteiger partial charge in [-0.1, -0.05) is 12.1 Å². The fourth-order valence-electron chi connectivity index (χ4n) is 2.27. The van der Waals surface area contributed by atoms with Crippen molar-refractivity contribution in [2.75, 3.05) is 20.8 Å². The predicted octanol–water partition coefficient (Wildman–Crippen LogP) is 3.02. The fourth-order valence-corrected chi connectivity index (χ4v) is 2.27. The maximum Gasteiger partial charge on any atom is 0.315 e. The highest BCUT2D eigenvalue weighted by Crippen LogP contribution is 2.27. The van der Waals surface area contributed by atoms with E-state index < -0.39 is 11.6 Å². The van der Waals surface area contributed by atoms with Crippen LogP contribution in [0.3, 0.4) is 0 Å². The summed E-state index contributed by atoms with van der Waals surface area (Å²) in [5, 5.41) is 5.33. The molecule has 0 heterocycles. The van der Waals surface area contributed by atoms with E-state index >= 15 is 0 Å². The topological polar surface area (TPSA) is 59.6 Å². The number of halogens is 2. The van der Waals surface area contributed by atoms with Crippen LogP contribution in [0.4, 0.5) is 13.6 Å². The van der Waals surface area contributed by atoms with Gasteiger partial charge in [0.2, 0.25) is 0 Å². The van der Waals surface area contributed by atoms with Gasteiger partial charge < -0.3 is 20.1 Å². The zero-order valence-electron chi connectivity index (χ0n) is 14.1. The lowest BCUT2D eigenvalue weighted by Gasteiger charge is -2.11. The molecule has 0 aliphatic heterocycles. The molecule has 2 rings (SSSR count). The van der Waals surface area contributed by atoms with E-state index in [4.69, 9.17) is 9.47 Å². The van der Waals surface area contributed by atoms with E-state index in [0.717, 1.165) is 11.6 Å². The number of carbonyl (C=O) groups excluding carboxylic acids is 1. The van der Waals surface area contributed by atoms with Gasteiger partial charge in [0.1, 0.15) is 11.6 Å². The highest BCUT2D eigenvalue weighted by molar-refractivity contribution is 5.73. The molecule has 0 bridgehead atoms. The van der Waals surface area contributed by atoms with Crippen LogP contribution in [0.15, 0.2) is 36.4 Å². The van der Waals surface area contributed by atoms with Crippen LogP contribution in [0, 0.1) is 11.6 Å². The van der Waals surface area contributed by atoms with Gasteiger partial charge in [-0.3, -0.25) is 0 Å². The highest BCUT2D eigenvalue weighted by atomic mass is 19.1. The largest absolute Gasteiger partial charge is 0.493 e. The number of carbonyl (C=O) groups is 1. The second-order valence-corrected chi connectivity index (χ2v) is 5.28. The number of benzene rings is 2. The highest BCUT2D eigenvalue weighted by Gasteiger charge is 2.07. The summed E-state index contributed by atoms with van der Waals surface area (Å²) in [6.07, 6.45) is 0.274. The normalized spacial score (nSPS) is 10.2. The Bertz CT molecular complexity index is 738. The summed E-state index contributed by atoms with van der Waals surface area (Å²) in [7, 11) is 3.09. The third-order valence-electron chi connectivity index (χ3n) is 3.60. The second-order valence-electron chi connectivity index (χ2n) is 5.28. The Hall–Kier alpha value is -2.83. The van der Waals surface area contributed by atoms with E-state index in [1.54, 1.807) is 19.2 Å². The van der Waals surface area contributed by atoms with Crippen LogP contribution in [-0.2, 0) is 13.0 Å². The van der Waals surface area contributed by atoms with Crippen molar-refractivity contribution >= 4 is 6.03 Å². The van der Waals surface area contributed by atoms with Crippen molar-refractivity contribution in [1.82, 2.24) is 10.6 Å². The van der Waals surface area contributed by atoms with Crippen molar-refractivity contribution in [2.45, 2.75) is 13.0 Å². The lowest BCUT2D eigenvalue weighted by Crippen LogP contribution is -2.36. The van der Waals surface area contributed by atoms with Crippen LogP contribution in [0.25, 0.3) is 0 Å². The summed E-state index contributed by atoms with van der Waals surface area (Å²) in [6, 6.07) is 8.35. The summed E-state index contributed by atoms with van der Waals surface area (Å²) in [5.74, 6) is -0.0552. The number of rotatable bonds is 7. The van der Waals surface area contributed by atoms with Crippen molar-refractivity contribution < 1.29 is 23.0 Å². The molecule has 134 valence electrons. The average Bonchev–Trinajstić information content (AvgIpc) is 2.61. The Morgan fingerprint density at radius 2 is 1.76 bits per heavy atom. The predicted molar refractivity (Wildman–Crippen MR) is 89.8 cm³/mol. The number of ether oxygens (including phenoxy) is 2. The summed E-state index contributed by atoms with van der Waals surface area (Å²) in [6.45, 7) is 0.539. The summed E-state index contributed by atoms with van der Waals surface area (Å²) >= 11 is 0. The van der Waals surface area contributed by atoms with Gasteiger partial charge in [0, 0.05) is 19.2 Å². The molecule has 0 saturated carbocycles. The van der Waals surface area contributed by atoms with Crippen LogP contribution in [0.1, 0.15) is 11.1 Å².